The van der Waals surface area contributed by atoms with E-state index in [0.717, 1.165) is 0 Å². The lowest BCUT2D eigenvalue weighted by Gasteiger charge is -2.35. The van der Waals surface area contributed by atoms with Gasteiger partial charge in [0, 0.05) is 13.0 Å². The summed E-state index contributed by atoms with van der Waals surface area (Å²) >= 11 is 0. The van der Waals surface area contributed by atoms with Crippen molar-refractivity contribution in [3.05, 3.63) is 0 Å². The SMILES string of the molecule is CC1(C)CNCC(F)(F)C1.Cl. The number of rotatable bonds is 0. The van der Waals surface area contributed by atoms with Crippen molar-refractivity contribution < 1.29 is 8.78 Å². The molecular formula is C7H14ClF2N. The van der Waals surface area contributed by atoms with Crippen LogP contribution in [0.2, 0.25) is 0 Å². The van der Waals surface area contributed by atoms with E-state index >= 15 is 0 Å². The Labute approximate surface area is 72.0 Å². The first-order valence-corrected chi connectivity index (χ1v) is 3.50. The average molecular weight is 186 g/mol. The maximum Gasteiger partial charge on any atom is 0.260 e. The van der Waals surface area contributed by atoms with Gasteiger partial charge in [-0.15, -0.1) is 12.4 Å². The largest absolute Gasteiger partial charge is 0.311 e. The van der Waals surface area contributed by atoms with Gasteiger partial charge in [0.1, 0.15) is 0 Å². The maximum absolute atomic E-state index is 12.6. The highest BCUT2D eigenvalue weighted by Gasteiger charge is 2.40. The standard InChI is InChI=1S/C7H13F2N.ClH/c1-6(2)3-7(8,9)5-10-4-6;/h10H,3-5H2,1-2H3;1H. The number of hydrogen-bond acceptors (Lipinski definition) is 1. The van der Waals surface area contributed by atoms with Gasteiger partial charge in [-0.3, -0.25) is 0 Å². The van der Waals surface area contributed by atoms with Crippen LogP contribution in [0.25, 0.3) is 0 Å². The monoisotopic (exact) mass is 185 g/mol. The fourth-order valence-electron chi connectivity index (χ4n) is 1.41. The molecule has 0 atom stereocenters. The first kappa shape index (κ1) is 11.1. The second-order valence-electron chi connectivity index (χ2n) is 3.80. The molecule has 0 radical (unpaired) electrons. The third kappa shape index (κ3) is 3.34. The van der Waals surface area contributed by atoms with Gasteiger partial charge in [0.25, 0.3) is 5.92 Å². The molecule has 1 N–H and O–H groups in total. The smallest absolute Gasteiger partial charge is 0.260 e. The molecule has 0 aromatic rings. The Balaban J connectivity index is 0.000001000. The third-order valence-electron chi connectivity index (χ3n) is 1.72. The molecular weight excluding hydrogens is 172 g/mol. The van der Waals surface area contributed by atoms with Gasteiger partial charge in [-0.25, -0.2) is 8.78 Å². The van der Waals surface area contributed by atoms with Crippen LogP contribution in [-0.2, 0) is 0 Å². The van der Waals surface area contributed by atoms with Crippen LogP contribution in [0.5, 0.6) is 0 Å². The Morgan fingerprint density at radius 3 is 2.00 bits per heavy atom. The molecule has 1 fully saturated rings. The van der Waals surface area contributed by atoms with Crippen molar-refractivity contribution >= 4 is 12.4 Å². The molecule has 68 valence electrons. The average Bonchev–Trinajstić information content (AvgIpc) is 1.56. The molecule has 11 heavy (non-hydrogen) atoms. The number of halogens is 3. The summed E-state index contributed by atoms with van der Waals surface area (Å²) in [5.74, 6) is -2.50. The number of hydrogen-bond donors (Lipinski definition) is 1. The van der Waals surface area contributed by atoms with E-state index in [1.54, 1.807) is 0 Å². The third-order valence-corrected chi connectivity index (χ3v) is 1.72. The summed E-state index contributed by atoms with van der Waals surface area (Å²) in [6.45, 7) is 4.25. The predicted molar refractivity (Wildman–Crippen MR) is 43.5 cm³/mol. The first-order chi connectivity index (χ1) is 4.41. The zero-order valence-electron chi connectivity index (χ0n) is 6.79. The highest BCUT2D eigenvalue weighted by molar-refractivity contribution is 5.85. The first-order valence-electron chi connectivity index (χ1n) is 3.50. The van der Waals surface area contributed by atoms with Crippen molar-refractivity contribution in [2.45, 2.75) is 26.2 Å². The highest BCUT2D eigenvalue weighted by Crippen LogP contribution is 2.33. The van der Waals surface area contributed by atoms with E-state index in [2.05, 4.69) is 5.32 Å². The van der Waals surface area contributed by atoms with Crippen molar-refractivity contribution in [2.24, 2.45) is 5.41 Å². The van der Waals surface area contributed by atoms with Gasteiger partial charge in [-0.1, -0.05) is 13.8 Å². The second-order valence-corrected chi connectivity index (χ2v) is 3.80. The number of piperidine rings is 1. The summed E-state index contributed by atoms with van der Waals surface area (Å²) in [4.78, 5) is 0. The molecule has 1 rings (SSSR count). The minimum Gasteiger partial charge on any atom is -0.311 e. The van der Waals surface area contributed by atoms with Crippen molar-refractivity contribution in [3.63, 3.8) is 0 Å². The number of alkyl halides is 2. The normalized spacial score (nSPS) is 27.3. The van der Waals surface area contributed by atoms with Gasteiger partial charge in [-0.05, 0) is 5.41 Å². The van der Waals surface area contributed by atoms with E-state index in [1.807, 2.05) is 13.8 Å². The maximum atomic E-state index is 12.6. The van der Waals surface area contributed by atoms with Crippen LogP contribution >= 0.6 is 12.4 Å². The molecule has 1 nitrogen and oxygen atoms in total. The summed E-state index contributed by atoms with van der Waals surface area (Å²) < 4.78 is 25.3. The Kier molecular flexibility index (Phi) is 3.27. The second kappa shape index (κ2) is 3.23. The molecule has 0 aliphatic carbocycles. The fourth-order valence-corrected chi connectivity index (χ4v) is 1.41. The molecule has 1 aliphatic rings. The summed E-state index contributed by atoms with van der Waals surface area (Å²) in [6.07, 6.45) is 0.00694. The van der Waals surface area contributed by atoms with Gasteiger partial charge in [-0.2, -0.15) is 0 Å². The highest BCUT2D eigenvalue weighted by atomic mass is 35.5. The molecule has 0 bridgehead atoms. The summed E-state index contributed by atoms with van der Waals surface area (Å²) in [5, 5.41) is 2.72. The molecule has 1 aliphatic heterocycles. The Morgan fingerprint density at radius 2 is 1.73 bits per heavy atom. The van der Waals surface area contributed by atoms with Crippen LogP contribution in [0.4, 0.5) is 8.78 Å². The molecule has 0 amide bonds. The molecule has 1 heterocycles. The van der Waals surface area contributed by atoms with Crippen LogP contribution in [0.15, 0.2) is 0 Å². The predicted octanol–water partition coefficient (Wildman–Crippen LogP) is 2.06. The lowest BCUT2D eigenvalue weighted by atomic mass is 9.83. The Hall–Kier alpha value is 0.110. The van der Waals surface area contributed by atoms with Crippen molar-refractivity contribution in [1.29, 1.82) is 0 Å². The van der Waals surface area contributed by atoms with E-state index in [4.69, 9.17) is 0 Å². The van der Waals surface area contributed by atoms with Crippen molar-refractivity contribution in [3.8, 4) is 0 Å². The minimum absolute atomic E-state index is 0. The Morgan fingerprint density at radius 1 is 1.18 bits per heavy atom. The van der Waals surface area contributed by atoms with Crippen LogP contribution in [0, 0.1) is 5.41 Å². The number of nitrogens with one attached hydrogen (secondary N) is 1. The fraction of sp³-hybridized carbons (Fsp3) is 1.00. The van der Waals surface area contributed by atoms with Crippen molar-refractivity contribution in [2.75, 3.05) is 13.1 Å². The van der Waals surface area contributed by atoms with Crippen molar-refractivity contribution in [1.82, 2.24) is 5.32 Å². The van der Waals surface area contributed by atoms with Gasteiger partial charge < -0.3 is 5.32 Å². The summed E-state index contributed by atoms with van der Waals surface area (Å²) in [6, 6.07) is 0. The van der Waals surface area contributed by atoms with E-state index in [-0.39, 0.29) is 30.8 Å². The van der Waals surface area contributed by atoms with E-state index in [0.29, 0.717) is 6.54 Å². The molecule has 1 saturated heterocycles. The Bertz CT molecular complexity index is 122. The van der Waals surface area contributed by atoms with E-state index in [1.165, 1.54) is 0 Å². The summed E-state index contributed by atoms with van der Waals surface area (Å²) in [5.41, 5.74) is -0.248. The molecule has 0 saturated carbocycles. The lowest BCUT2D eigenvalue weighted by Crippen LogP contribution is -2.47. The van der Waals surface area contributed by atoms with Crippen LogP contribution in [0.3, 0.4) is 0 Å². The van der Waals surface area contributed by atoms with E-state index < -0.39 is 5.92 Å². The lowest BCUT2D eigenvalue weighted by molar-refractivity contribution is -0.0591. The molecule has 0 aromatic heterocycles. The van der Waals surface area contributed by atoms with Gasteiger partial charge in [0.05, 0.1) is 6.54 Å². The van der Waals surface area contributed by atoms with Gasteiger partial charge >= 0.3 is 0 Å². The van der Waals surface area contributed by atoms with Crippen LogP contribution in [-0.4, -0.2) is 19.0 Å². The summed E-state index contributed by atoms with van der Waals surface area (Å²) in [7, 11) is 0. The van der Waals surface area contributed by atoms with Gasteiger partial charge in [0.15, 0.2) is 0 Å². The zero-order valence-corrected chi connectivity index (χ0v) is 7.60. The zero-order chi connectivity index (χ0) is 7.83. The molecule has 0 unspecified atom stereocenters. The topological polar surface area (TPSA) is 12.0 Å². The molecule has 0 spiro atoms. The van der Waals surface area contributed by atoms with Crippen LogP contribution in [0.1, 0.15) is 20.3 Å². The minimum atomic E-state index is -2.50. The quantitative estimate of drug-likeness (QED) is 0.609. The van der Waals surface area contributed by atoms with Crippen LogP contribution < -0.4 is 5.32 Å². The van der Waals surface area contributed by atoms with E-state index in [9.17, 15) is 8.78 Å². The molecule has 0 aromatic carbocycles. The molecule has 4 heteroatoms. The van der Waals surface area contributed by atoms with Gasteiger partial charge in [0.2, 0.25) is 0 Å².